The molecule has 0 bridgehead atoms. The molecule has 4 nitrogen and oxygen atoms in total. The van der Waals surface area contributed by atoms with Crippen LogP contribution in [0.25, 0.3) is 10.1 Å². The average molecular weight is 347 g/mol. The van der Waals surface area contributed by atoms with Crippen molar-refractivity contribution in [2.45, 2.75) is 39.2 Å². The Hall–Kier alpha value is -1.59. The number of nitrogens with zero attached hydrogens (tertiary/aromatic N) is 1. The zero-order valence-electron chi connectivity index (χ0n) is 14.4. The van der Waals surface area contributed by atoms with E-state index >= 15 is 0 Å². The highest BCUT2D eigenvalue weighted by atomic mass is 32.1. The third-order valence-electron chi connectivity index (χ3n) is 5.11. The highest BCUT2D eigenvalue weighted by molar-refractivity contribution is 7.17. The molecule has 1 aromatic heterocycles. The molecule has 24 heavy (non-hydrogen) atoms. The molecule has 1 aliphatic heterocycles. The fraction of sp³-hybridized carbons (Fsp3) is 0.526. The van der Waals surface area contributed by atoms with Gasteiger partial charge < -0.3 is 9.84 Å². The van der Waals surface area contributed by atoms with Gasteiger partial charge in [-0.2, -0.15) is 0 Å². The predicted molar refractivity (Wildman–Crippen MR) is 98.0 cm³/mol. The molecular weight excluding hydrogens is 322 g/mol. The minimum absolute atomic E-state index is 0.0770. The number of thiophene rings is 1. The second-order valence-electron chi connectivity index (χ2n) is 6.58. The number of hydrogen-bond acceptors (Lipinski definition) is 4. The summed E-state index contributed by atoms with van der Waals surface area (Å²) in [5.41, 5.74) is 2.10. The molecule has 1 N–H and O–H groups in total. The van der Waals surface area contributed by atoms with Crippen LogP contribution >= 0.6 is 11.3 Å². The van der Waals surface area contributed by atoms with Gasteiger partial charge in [-0.1, -0.05) is 13.3 Å². The summed E-state index contributed by atoms with van der Waals surface area (Å²) in [5, 5.41) is 12.1. The molecule has 5 heteroatoms. The monoisotopic (exact) mass is 347 g/mol. The Bertz CT molecular complexity index is 717. The Balaban J connectivity index is 1.88. The van der Waals surface area contributed by atoms with Gasteiger partial charge in [-0.05, 0) is 60.3 Å². The summed E-state index contributed by atoms with van der Waals surface area (Å²) in [5.74, 6) is 0.986. The first kappa shape index (κ1) is 17.2. The van der Waals surface area contributed by atoms with Gasteiger partial charge in [-0.15, -0.1) is 11.3 Å². The predicted octanol–water partition coefficient (Wildman–Crippen LogP) is 4.16. The molecule has 2 aromatic rings. The number of likely N-dealkylation sites (tertiary alicyclic amines) is 1. The van der Waals surface area contributed by atoms with Crippen LogP contribution in [0.3, 0.4) is 0 Å². The second kappa shape index (κ2) is 7.53. The fourth-order valence-corrected chi connectivity index (χ4v) is 4.71. The summed E-state index contributed by atoms with van der Waals surface area (Å²) in [6, 6.07) is 3.98. The number of fused-ring (bicyclic) bond motifs is 1. The van der Waals surface area contributed by atoms with E-state index < -0.39 is 5.97 Å². The van der Waals surface area contributed by atoms with Crippen LogP contribution in [-0.4, -0.2) is 36.2 Å². The Morgan fingerprint density at radius 3 is 2.75 bits per heavy atom. The first-order valence-corrected chi connectivity index (χ1v) is 9.50. The quantitative estimate of drug-likeness (QED) is 0.852. The molecule has 0 spiro atoms. The van der Waals surface area contributed by atoms with E-state index in [9.17, 15) is 4.79 Å². The van der Waals surface area contributed by atoms with Gasteiger partial charge in [-0.25, -0.2) is 0 Å². The number of ether oxygens (including phenoxy) is 1. The third-order valence-corrected chi connectivity index (χ3v) is 6.21. The topological polar surface area (TPSA) is 49.8 Å². The molecule has 2 heterocycles. The molecule has 0 unspecified atom stereocenters. The van der Waals surface area contributed by atoms with Crippen LogP contribution in [0.2, 0.25) is 0 Å². The van der Waals surface area contributed by atoms with Crippen molar-refractivity contribution in [2.75, 3.05) is 20.2 Å². The van der Waals surface area contributed by atoms with Crippen molar-refractivity contribution < 1.29 is 14.6 Å². The summed E-state index contributed by atoms with van der Waals surface area (Å²) in [7, 11) is 1.71. The van der Waals surface area contributed by atoms with Crippen LogP contribution in [0.15, 0.2) is 17.5 Å². The molecule has 3 rings (SSSR count). The normalized spacial score (nSPS) is 16.6. The molecular formula is C19H25NO3S. The van der Waals surface area contributed by atoms with Crippen LogP contribution in [0.1, 0.15) is 37.3 Å². The van der Waals surface area contributed by atoms with Crippen molar-refractivity contribution in [1.29, 1.82) is 0 Å². The van der Waals surface area contributed by atoms with Gasteiger partial charge in [0.25, 0.3) is 0 Å². The van der Waals surface area contributed by atoms with Gasteiger partial charge in [0.1, 0.15) is 5.75 Å². The second-order valence-corrected chi connectivity index (χ2v) is 7.46. The van der Waals surface area contributed by atoms with E-state index in [1.807, 2.05) is 17.5 Å². The lowest BCUT2D eigenvalue weighted by Gasteiger charge is -2.31. The number of rotatable bonds is 6. The maximum atomic E-state index is 11.1. The molecule has 130 valence electrons. The average Bonchev–Trinajstić information content (AvgIpc) is 2.98. The number of carbonyl (C=O) groups is 1. The maximum Gasteiger partial charge on any atom is 0.307 e. The summed E-state index contributed by atoms with van der Waals surface area (Å²) in [6.45, 7) is 5.42. The largest absolute Gasteiger partial charge is 0.496 e. The number of carboxylic acid groups (broad SMARTS) is 1. The lowest BCUT2D eigenvalue weighted by atomic mass is 9.94. The smallest absolute Gasteiger partial charge is 0.307 e. The number of carboxylic acids is 1. The highest BCUT2D eigenvalue weighted by Gasteiger charge is 2.21. The van der Waals surface area contributed by atoms with Crippen LogP contribution in [-0.2, 0) is 17.8 Å². The van der Waals surface area contributed by atoms with Gasteiger partial charge in [0.2, 0.25) is 0 Å². The van der Waals surface area contributed by atoms with E-state index in [0.29, 0.717) is 0 Å². The molecule has 0 saturated carbocycles. The summed E-state index contributed by atoms with van der Waals surface area (Å²) < 4.78 is 6.76. The number of hydrogen-bond donors (Lipinski definition) is 1. The van der Waals surface area contributed by atoms with E-state index in [-0.39, 0.29) is 6.42 Å². The third kappa shape index (κ3) is 3.57. The molecule has 0 atom stereocenters. The van der Waals surface area contributed by atoms with E-state index in [0.717, 1.165) is 42.3 Å². The standard InChI is InChI=1S/C19H25NO3S/c1-3-13-6-8-20(9-7-13)11-16-17(23-2)5-4-15-14(10-18(21)22)12-24-19(15)16/h4-5,12-13H,3,6-11H2,1-2H3,(H,21,22). The fourth-order valence-electron chi connectivity index (χ4n) is 3.61. The number of methoxy groups -OCH3 is 1. The van der Waals surface area contributed by atoms with Gasteiger partial charge in [0.15, 0.2) is 0 Å². The van der Waals surface area contributed by atoms with Gasteiger partial charge >= 0.3 is 5.97 Å². The van der Waals surface area contributed by atoms with Crippen molar-refractivity contribution in [3.05, 3.63) is 28.6 Å². The van der Waals surface area contributed by atoms with Crippen LogP contribution in [0, 0.1) is 5.92 Å². The summed E-state index contributed by atoms with van der Waals surface area (Å²) >= 11 is 1.64. The molecule has 0 amide bonds. The Morgan fingerprint density at radius 1 is 1.38 bits per heavy atom. The van der Waals surface area contributed by atoms with Gasteiger partial charge in [-0.3, -0.25) is 9.69 Å². The molecule has 1 aromatic carbocycles. The highest BCUT2D eigenvalue weighted by Crippen LogP contribution is 2.36. The Morgan fingerprint density at radius 2 is 2.12 bits per heavy atom. The Labute approximate surface area is 147 Å². The molecule has 0 aliphatic carbocycles. The minimum Gasteiger partial charge on any atom is -0.496 e. The summed E-state index contributed by atoms with van der Waals surface area (Å²) in [4.78, 5) is 13.6. The van der Waals surface area contributed by atoms with Crippen molar-refractivity contribution in [1.82, 2.24) is 4.90 Å². The van der Waals surface area contributed by atoms with Crippen molar-refractivity contribution >= 4 is 27.4 Å². The molecule has 1 aliphatic rings. The minimum atomic E-state index is -0.784. The summed E-state index contributed by atoms with van der Waals surface area (Å²) in [6.07, 6.45) is 3.89. The lowest BCUT2D eigenvalue weighted by Crippen LogP contribution is -2.33. The zero-order chi connectivity index (χ0) is 17.1. The van der Waals surface area contributed by atoms with Crippen LogP contribution in [0.5, 0.6) is 5.75 Å². The van der Waals surface area contributed by atoms with Crippen LogP contribution < -0.4 is 4.74 Å². The zero-order valence-corrected chi connectivity index (χ0v) is 15.2. The maximum absolute atomic E-state index is 11.1. The Kier molecular flexibility index (Phi) is 5.41. The first-order valence-electron chi connectivity index (χ1n) is 8.62. The number of aliphatic carboxylic acids is 1. The van der Waals surface area contributed by atoms with E-state index in [1.165, 1.54) is 29.5 Å². The van der Waals surface area contributed by atoms with E-state index in [2.05, 4.69) is 11.8 Å². The van der Waals surface area contributed by atoms with Gasteiger partial charge in [0, 0.05) is 16.8 Å². The van der Waals surface area contributed by atoms with Crippen molar-refractivity contribution in [3.63, 3.8) is 0 Å². The molecule has 0 radical (unpaired) electrons. The SMILES string of the molecule is CCC1CCN(Cc2c(OC)ccc3c(CC(=O)O)csc23)CC1. The van der Waals surface area contributed by atoms with Crippen molar-refractivity contribution in [2.24, 2.45) is 5.92 Å². The number of benzene rings is 1. The first-order chi connectivity index (χ1) is 11.6. The number of piperidine rings is 1. The lowest BCUT2D eigenvalue weighted by molar-refractivity contribution is -0.136. The van der Waals surface area contributed by atoms with Crippen molar-refractivity contribution in [3.8, 4) is 5.75 Å². The molecule has 1 fully saturated rings. The van der Waals surface area contributed by atoms with E-state index in [1.54, 1.807) is 18.4 Å². The van der Waals surface area contributed by atoms with E-state index in [4.69, 9.17) is 9.84 Å². The molecule has 1 saturated heterocycles. The van der Waals surface area contributed by atoms with Crippen LogP contribution in [0.4, 0.5) is 0 Å². The van der Waals surface area contributed by atoms with Gasteiger partial charge in [0.05, 0.1) is 13.5 Å².